The minimum atomic E-state index is -0.459. The highest BCUT2D eigenvalue weighted by atomic mass is 32.2. The van der Waals surface area contributed by atoms with Gasteiger partial charge in [0.15, 0.2) is 4.32 Å². The van der Waals surface area contributed by atoms with E-state index in [-0.39, 0.29) is 5.91 Å². The first kappa shape index (κ1) is 18.1. The quantitative estimate of drug-likeness (QED) is 0.340. The van der Waals surface area contributed by atoms with Crippen molar-refractivity contribution in [3.63, 3.8) is 0 Å². The monoisotopic (exact) mass is 386 g/mol. The number of carbonyl (C=O) groups is 2. The van der Waals surface area contributed by atoms with E-state index < -0.39 is 5.97 Å². The van der Waals surface area contributed by atoms with Gasteiger partial charge < -0.3 is 9.47 Å². The maximum absolute atomic E-state index is 12.1. The van der Waals surface area contributed by atoms with Crippen LogP contribution in [-0.4, -0.2) is 40.3 Å². The van der Waals surface area contributed by atoms with Gasteiger partial charge in [0.25, 0.3) is 5.91 Å². The zero-order chi connectivity index (χ0) is 18.5. The van der Waals surface area contributed by atoms with E-state index in [1.54, 1.807) is 55.6 Å². The highest BCUT2D eigenvalue weighted by Crippen LogP contribution is 2.20. The summed E-state index contributed by atoms with van der Waals surface area (Å²) < 4.78 is 10.8. The normalized spacial score (nSPS) is 14.1. The van der Waals surface area contributed by atoms with Crippen molar-refractivity contribution in [2.45, 2.75) is 0 Å². The molecule has 8 heteroatoms. The van der Waals surface area contributed by atoms with E-state index in [1.165, 1.54) is 23.0 Å². The highest BCUT2D eigenvalue weighted by molar-refractivity contribution is 8.23. The Morgan fingerprint density at radius 2 is 1.81 bits per heavy atom. The molecule has 0 saturated carbocycles. The predicted octanol–water partition coefficient (Wildman–Crippen LogP) is 3.11. The van der Waals surface area contributed by atoms with Crippen LogP contribution in [0.5, 0.6) is 11.5 Å². The predicted molar refractivity (Wildman–Crippen MR) is 104 cm³/mol. The van der Waals surface area contributed by atoms with Gasteiger partial charge in [-0.1, -0.05) is 24.0 Å². The number of rotatable bonds is 5. The summed E-state index contributed by atoms with van der Waals surface area (Å²) in [7, 11) is 1.56. The van der Waals surface area contributed by atoms with Gasteiger partial charge in [0.1, 0.15) is 11.5 Å². The number of thiocarbonyl (C=S) groups is 1. The number of carbonyl (C=O) groups excluding carboxylic acids is 2. The third kappa shape index (κ3) is 4.27. The number of nitrogens with zero attached hydrogens (tertiary/aromatic N) is 2. The molecule has 1 aliphatic heterocycles. The number of methoxy groups -OCH3 is 1. The molecule has 132 valence electrons. The summed E-state index contributed by atoms with van der Waals surface area (Å²) in [6.07, 6.45) is 1.53. The molecule has 0 unspecified atom stereocenters. The molecule has 0 radical (unpaired) electrons. The van der Waals surface area contributed by atoms with Crippen LogP contribution in [0.3, 0.4) is 0 Å². The van der Waals surface area contributed by atoms with E-state index in [1.807, 2.05) is 0 Å². The summed E-state index contributed by atoms with van der Waals surface area (Å²) in [6, 6.07) is 13.4. The topological polar surface area (TPSA) is 68.2 Å². The number of benzene rings is 2. The van der Waals surface area contributed by atoms with Gasteiger partial charge in [0.05, 0.1) is 24.6 Å². The molecule has 2 aromatic carbocycles. The SMILES string of the molecule is COc1ccc(C(=O)Oc2ccc(/C=N/N3C(=O)CSC3=S)cc2)cc1. The third-order valence-corrected chi connectivity index (χ3v) is 4.80. The fourth-order valence-corrected chi connectivity index (χ4v) is 3.06. The van der Waals surface area contributed by atoms with Crippen molar-refractivity contribution in [3.05, 3.63) is 59.7 Å². The first-order chi connectivity index (χ1) is 12.6. The molecule has 0 aromatic heterocycles. The summed E-state index contributed by atoms with van der Waals surface area (Å²) in [5, 5.41) is 5.29. The summed E-state index contributed by atoms with van der Waals surface area (Å²) in [6.45, 7) is 0. The van der Waals surface area contributed by atoms with Gasteiger partial charge in [-0.2, -0.15) is 10.1 Å². The average molecular weight is 386 g/mol. The molecule has 0 bridgehead atoms. The van der Waals surface area contributed by atoms with Crippen LogP contribution in [0, 0.1) is 0 Å². The van der Waals surface area contributed by atoms with Crippen molar-refractivity contribution in [2.24, 2.45) is 5.10 Å². The standard InChI is InChI=1S/C18H14N2O4S2/c1-23-14-8-4-13(5-9-14)17(22)24-15-6-2-12(3-7-15)10-19-20-16(21)11-26-18(20)25/h2-10H,11H2,1H3/b19-10+. The van der Waals surface area contributed by atoms with Crippen LogP contribution in [-0.2, 0) is 4.79 Å². The van der Waals surface area contributed by atoms with Gasteiger partial charge in [0.2, 0.25) is 0 Å². The molecule has 1 heterocycles. The summed E-state index contributed by atoms with van der Waals surface area (Å²) in [5.41, 5.74) is 1.18. The van der Waals surface area contributed by atoms with Crippen LogP contribution in [0.2, 0.25) is 0 Å². The first-order valence-corrected chi connectivity index (χ1v) is 8.96. The number of esters is 1. The van der Waals surface area contributed by atoms with Gasteiger partial charge >= 0.3 is 5.97 Å². The molecule has 1 aliphatic rings. The molecular formula is C18H14N2O4S2. The van der Waals surface area contributed by atoms with Crippen molar-refractivity contribution in [1.29, 1.82) is 0 Å². The lowest BCUT2D eigenvalue weighted by Gasteiger charge is -2.07. The van der Waals surface area contributed by atoms with Crippen molar-refractivity contribution < 1.29 is 19.1 Å². The lowest BCUT2D eigenvalue weighted by molar-refractivity contribution is -0.124. The van der Waals surface area contributed by atoms with Gasteiger partial charge in [-0.15, -0.1) is 0 Å². The second kappa shape index (κ2) is 8.11. The maximum Gasteiger partial charge on any atom is 0.343 e. The smallest absolute Gasteiger partial charge is 0.343 e. The Labute approximate surface area is 159 Å². The molecule has 0 aliphatic carbocycles. The second-order valence-corrected chi connectivity index (χ2v) is 6.80. The highest BCUT2D eigenvalue weighted by Gasteiger charge is 2.25. The first-order valence-electron chi connectivity index (χ1n) is 7.57. The van der Waals surface area contributed by atoms with Crippen LogP contribution < -0.4 is 9.47 Å². The van der Waals surface area contributed by atoms with Crippen LogP contribution in [0.25, 0.3) is 0 Å². The van der Waals surface area contributed by atoms with Gasteiger partial charge in [-0.25, -0.2) is 4.79 Å². The molecule has 1 saturated heterocycles. The van der Waals surface area contributed by atoms with Crippen molar-refractivity contribution in [3.8, 4) is 11.5 Å². The minimum Gasteiger partial charge on any atom is -0.497 e. The molecule has 0 spiro atoms. The number of amides is 1. The molecule has 2 aromatic rings. The zero-order valence-corrected chi connectivity index (χ0v) is 15.4. The summed E-state index contributed by atoms with van der Waals surface area (Å²) in [5.74, 6) is 0.794. The third-order valence-electron chi connectivity index (χ3n) is 3.47. The molecule has 26 heavy (non-hydrogen) atoms. The van der Waals surface area contributed by atoms with Crippen molar-refractivity contribution >= 4 is 46.4 Å². The fraction of sp³-hybridized carbons (Fsp3) is 0.111. The van der Waals surface area contributed by atoms with Crippen LogP contribution >= 0.6 is 24.0 Å². The Kier molecular flexibility index (Phi) is 5.65. The molecule has 0 atom stereocenters. The number of hydrazone groups is 1. The molecule has 1 fully saturated rings. The molecule has 3 rings (SSSR count). The number of hydrogen-bond donors (Lipinski definition) is 0. The summed E-state index contributed by atoms with van der Waals surface area (Å²) >= 11 is 6.34. The second-order valence-electron chi connectivity index (χ2n) is 5.19. The van der Waals surface area contributed by atoms with Crippen LogP contribution in [0.1, 0.15) is 15.9 Å². The largest absolute Gasteiger partial charge is 0.497 e. The molecule has 1 amide bonds. The van der Waals surface area contributed by atoms with Crippen LogP contribution in [0.4, 0.5) is 0 Å². The van der Waals surface area contributed by atoms with Crippen LogP contribution in [0.15, 0.2) is 53.6 Å². The lowest BCUT2D eigenvalue weighted by atomic mass is 10.2. The Hall–Kier alpha value is -2.71. The van der Waals surface area contributed by atoms with Gasteiger partial charge in [-0.3, -0.25) is 4.79 Å². The van der Waals surface area contributed by atoms with Gasteiger partial charge in [-0.05, 0) is 54.1 Å². The van der Waals surface area contributed by atoms with Crippen molar-refractivity contribution in [2.75, 3.05) is 12.9 Å². The van der Waals surface area contributed by atoms with E-state index >= 15 is 0 Å². The summed E-state index contributed by atoms with van der Waals surface area (Å²) in [4.78, 5) is 23.7. The Balaban J connectivity index is 1.62. The molecular weight excluding hydrogens is 372 g/mol. The number of thioether (sulfide) groups is 1. The number of hydrogen-bond acceptors (Lipinski definition) is 7. The fourth-order valence-electron chi connectivity index (χ4n) is 2.10. The van der Waals surface area contributed by atoms with E-state index in [2.05, 4.69) is 5.10 Å². The maximum atomic E-state index is 12.1. The minimum absolute atomic E-state index is 0.138. The lowest BCUT2D eigenvalue weighted by Crippen LogP contribution is -2.22. The Morgan fingerprint density at radius 1 is 1.15 bits per heavy atom. The Bertz CT molecular complexity index is 848. The van der Waals surface area contributed by atoms with Gasteiger partial charge in [0, 0.05) is 0 Å². The van der Waals surface area contributed by atoms with E-state index in [4.69, 9.17) is 21.7 Å². The molecule has 0 N–H and O–H groups in total. The average Bonchev–Trinajstić information content (AvgIpc) is 2.99. The molecule has 6 nitrogen and oxygen atoms in total. The number of ether oxygens (including phenoxy) is 2. The van der Waals surface area contributed by atoms with E-state index in [0.29, 0.717) is 27.1 Å². The van der Waals surface area contributed by atoms with Crippen molar-refractivity contribution in [1.82, 2.24) is 5.01 Å². The van der Waals surface area contributed by atoms with E-state index in [0.717, 1.165) is 5.56 Å². The van der Waals surface area contributed by atoms with E-state index in [9.17, 15) is 9.59 Å². The zero-order valence-electron chi connectivity index (χ0n) is 13.7. The Morgan fingerprint density at radius 3 is 2.38 bits per heavy atom.